The van der Waals surface area contributed by atoms with Gasteiger partial charge in [0.2, 0.25) is 11.8 Å². The van der Waals surface area contributed by atoms with Gasteiger partial charge in [-0.1, -0.05) is 50.1 Å². The van der Waals surface area contributed by atoms with Gasteiger partial charge in [-0.3, -0.25) is 9.59 Å². The Morgan fingerprint density at radius 1 is 1.06 bits per heavy atom. The first-order chi connectivity index (χ1) is 16.1. The molecule has 0 bridgehead atoms. The minimum atomic E-state index is -0.501. The predicted molar refractivity (Wildman–Crippen MR) is 129 cm³/mol. The third kappa shape index (κ3) is 7.52. The highest BCUT2D eigenvalue weighted by molar-refractivity contribution is 5.87. The zero-order valence-corrected chi connectivity index (χ0v) is 19.8. The molecule has 2 aromatic carbocycles. The summed E-state index contributed by atoms with van der Waals surface area (Å²) < 4.78 is 11.1. The van der Waals surface area contributed by atoms with Crippen LogP contribution in [0.5, 0.6) is 11.5 Å². The molecule has 178 valence electrons. The highest BCUT2D eigenvalue weighted by Crippen LogP contribution is 2.21. The number of ether oxygens (including phenoxy) is 2. The number of nitrogens with one attached hydrogen (secondary N) is 1. The Labute approximate surface area is 197 Å². The SMILES string of the molecule is CC[C@H](C(=O)NC1CCCC1)N(Cc1cccc(OC)c1)C(=O)CCCOc1ccccc1. The van der Waals surface area contributed by atoms with E-state index in [2.05, 4.69) is 5.32 Å². The largest absolute Gasteiger partial charge is 0.497 e. The average Bonchev–Trinajstić information content (AvgIpc) is 3.35. The van der Waals surface area contributed by atoms with Crippen LogP contribution in [-0.2, 0) is 16.1 Å². The second-order valence-electron chi connectivity index (χ2n) is 8.55. The van der Waals surface area contributed by atoms with Crippen LogP contribution in [0.4, 0.5) is 0 Å². The normalized spacial score (nSPS) is 14.5. The van der Waals surface area contributed by atoms with Crippen molar-refractivity contribution < 1.29 is 19.1 Å². The van der Waals surface area contributed by atoms with Crippen molar-refractivity contribution in [2.45, 2.75) is 70.5 Å². The summed E-state index contributed by atoms with van der Waals surface area (Å²) in [5, 5.41) is 3.18. The van der Waals surface area contributed by atoms with Gasteiger partial charge >= 0.3 is 0 Å². The van der Waals surface area contributed by atoms with Gasteiger partial charge in [0.05, 0.1) is 13.7 Å². The van der Waals surface area contributed by atoms with Crippen LogP contribution in [-0.4, -0.2) is 42.5 Å². The zero-order valence-electron chi connectivity index (χ0n) is 19.8. The summed E-state index contributed by atoms with van der Waals surface area (Å²) in [6, 6.07) is 17.0. The Bertz CT molecular complexity index is 881. The Hall–Kier alpha value is -3.02. The summed E-state index contributed by atoms with van der Waals surface area (Å²) in [7, 11) is 1.62. The van der Waals surface area contributed by atoms with E-state index in [0.717, 1.165) is 42.7 Å². The van der Waals surface area contributed by atoms with Crippen molar-refractivity contribution in [3.63, 3.8) is 0 Å². The number of para-hydroxylation sites is 1. The number of benzene rings is 2. The highest BCUT2D eigenvalue weighted by Gasteiger charge is 2.30. The van der Waals surface area contributed by atoms with Gasteiger partial charge in [-0.05, 0) is 55.5 Å². The lowest BCUT2D eigenvalue weighted by Gasteiger charge is -2.31. The molecular weight excluding hydrogens is 416 g/mol. The molecule has 0 aliphatic heterocycles. The molecule has 0 heterocycles. The van der Waals surface area contributed by atoms with E-state index in [-0.39, 0.29) is 17.9 Å². The van der Waals surface area contributed by atoms with Gasteiger partial charge in [-0.2, -0.15) is 0 Å². The number of methoxy groups -OCH3 is 1. The van der Waals surface area contributed by atoms with Crippen molar-refractivity contribution in [1.82, 2.24) is 10.2 Å². The smallest absolute Gasteiger partial charge is 0.243 e. The lowest BCUT2D eigenvalue weighted by Crippen LogP contribution is -2.50. The van der Waals surface area contributed by atoms with Crippen LogP contribution < -0.4 is 14.8 Å². The number of carbonyl (C=O) groups excluding carboxylic acids is 2. The minimum Gasteiger partial charge on any atom is -0.497 e. The molecule has 1 N–H and O–H groups in total. The highest BCUT2D eigenvalue weighted by atomic mass is 16.5. The van der Waals surface area contributed by atoms with E-state index >= 15 is 0 Å². The third-order valence-electron chi connectivity index (χ3n) is 6.12. The predicted octanol–water partition coefficient (Wildman–Crippen LogP) is 4.72. The molecule has 1 saturated carbocycles. The zero-order chi connectivity index (χ0) is 23.5. The number of hydrogen-bond acceptors (Lipinski definition) is 4. The maximum absolute atomic E-state index is 13.3. The summed E-state index contributed by atoms with van der Waals surface area (Å²) in [6.07, 6.45) is 5.80. The fraction of sp³-hybridized carbons (Fsp3) is 0.481. The van der Waals surface area contributed by atoms with E-state index < -0.39 is 6.04 Å². The fourth-order valence-electron chi connectivity index (χ4n) is 4.33. The van der Waals surface area contributed by atoms with Gasteiger partial charge in [0.25, 0.3) is 0 Å². The Morgan fingerprint density at radius 3 is 2.48 bits per heavy atom. The summed E-state index contributed by atoms with van der Waals surface area (Å²) >= 11 is 0. The van der Waals surface area contributed by atoms with Crippen LogP contribution in [0.1, 0.15) is 57.4 Å². The van der Waals surface area contributed by atoms with Crippen LogP contribution in [0.2, 0.25) is 0 Å². The first kappa shape index (κ1) is 24.6. The van der Waals surface area contributed by atoms with Crippen molar-refractivity contribution in [1.29, 1.82) is 0 Å². The first-order valence-electron chi connectivity index (χ1n) is 12.0. The van der Waals surface area contributed by atoms with E-state index in [1.54, 1.807) is 12.0 Å². The molecule has 1 fully saturated rings. The van der Waals surface area contributed by atoms with Gasteiger partial charge in [0, 0.05) is 19.0 Å². The van der Waals surface area contributed by atoms with Gasteiger partial charge in [0.15, 0.2) is 0 Å². The van der Waals surface area contributed by atoms with E-state index in [4.69, 9.17) is 9.47 Å². The van der Waals surface area contributed by atoms with Crippen molar-refractivity contribution in [2.75, 3.05) is 13.7 Å². The van der Waals surface area contributed by atoms with Crippen LogP contribution in [0.3, 0.4) is 0 Å². The first-order valence-corrected chi connectivity index (χ1v) is 12.0. The van der Waals surface area contributed by atoms with Gasteiger partial charge in [0.1, 0.15) is 17.5 Å². The Balaban J connectivity index is 1.67. The summed E-state index contributed by atoms with van der Waals surface area (Å²) in [4.78, 5) is 28.2. The maximum atomic E-state index is 13.3. The second kappa shape index (κ2) is 12.9. The van der Waals surface area contributed by atoms with Crippen molar-refractivity contribution in [3.05, 3.63) is 60.2 Å². The lowest BCUT2D eigenvalue weighted by atomic mass is 10.1. The molecule has 33 heavy (non-hydrogen) atoms. The summed E-state index contributed by atoms with van der Waals surface area (Å²) in [5.41, 5.74) is 0.940. The molecule has 0 unspecified atom stereocenters. The van der Waals surface area contributed by atoms with Crippen LogP contribution in [0.15, 0.2) is 54.6 Å². The molecule has 6 heteroatoms. The molecule has 3 rings (SSSR count). The topological polar surface area (TPSA) is 67.9 Å². The number of rotatable bonds is 12. The third-order valence-corrected chi connectivity index (χ3v) is 6.12. The molecule has 6 nitrogen and oxygen atoms in total. The van der Waals surface area contributed by atoms with Crippen molar-refractivity contribution in [3.8, 4) is 11.5 Å². The molecule has 2 aromatic rings. The Morgan fingerprint density at radius 2 is 1.79 bits per heavy atom. The number of hydrogen-bond donors (Lipinski definition) is 1. The van der Waals surface area contributed by atoms with E-state index in [1.165, 1.54) is 0 Å². The molecule has 1 aliphatic rings. The molecule has 0 radical (unpaired) electrons. The lowest BCUT2D eigenvalue weighted by molar-refractivity contribution is -0.141. The van der Waals surface area contributed by atoms with Gasteiger partial charge < -0.3 is 19.7 Å². The number of carbonyl (C=O) groups is 2. The van der Waals surface area contributed by atoms with Gasteiger partial charge in [-0.15, -0.1) is 0 Å². The molecule has 2 amide bonds. The number of amides is 2. The second-order valence-corrected chi connectivity index (χ2v) is 8.55. The van der Waals surface area contributed by atoms with E-state index in [1.807, 2.05) is 61.5 Å². The van der Waals surface area contributed by atoms with Crippen LogP contribution in [0, 0.1) is 0 Å². The van der Waals surface area contributed by atoms with Crippen molar-refractivity contribution in [2.24, 2.45) is 0 Å². The molecule has 0 saturated heterocycles. The Kier molecular flexibility index (Phi) is 9.60. The quantitative estimate of drug-likeness (QED) is 0.473. The van der Waals surface area contributed by atoms with Gasteiger partial charge in [-0.25, -0.2) is 0 Å². The number of nitrogens with zero attached hydrogens (tertiary/aromatic N) is 1. The minimum absolute atomic E-state index is 0.0390. The summed E-state index contributed by atoms with van der Waals surface area (Å²) in [5.74, 6) is 1.43. The van der Waals surface area contributed by atoms with Crippen LogP contribution >= 0.6 is 0 Å². The monoisotopic (exact) mass is 452 g/mol. The van der Waals surface area contributed by atoms with E-state index in [0.29, 0.717) is 32.4 Å². The molecule has 0 aromatic heterocycles. The molecule has 0 spiro atoms. The van der Waals surface area contributed by atoms with Crippen LogP contribution in [0.25, 0.3) is 0 Å². The average molecular weight is 453 g/mol. The van der Waals surface area contributed by atoms with E-state index in [9.17, 15) is 9.59 Å². The molecule has 1 atom stereocenters. The molecular formula is C27H36N2O4. The van der Waals surface area contributed by atoms with Crippen molar-refractivity contribution >= 4 is 11.8 Å². The molecule has 1 aliphatic carbocycles. The summed E-state index contributed by atoms with van der Waals surface area (Å²) in [6.45, 7) is 2.78. The maximum Gasteiger partial charge on any atom is 0.243 e. The standard InChI is InChI=1S/C27H36N2O4/c1-3-25(27(31)28-22-12-7-8-13-22)29(20-21-11-9-16-24(19-21)32-2)26(30)17-10-18-33-23-14-5-4-6-15-23/h4-6,9,11,14-16,19,22,25H,3,7-8,10,12-13,17-18,20H2,1-2H3,(H,28,31)/t25-/m1/s1. The fourth-order valence-corrected chi connectivity index (χ4v) is 4.33.